The predicted octanol–water partition coefficient (Wildman–Crippen LogP) is 3.22. The molecule has 0 amide bonds. The molecule has 2 aliphatic rings. The van der Waals surface area contributed by atoms with Gasteiger partial charge in [-0.15, -0.1) is 0 Å². The van der Waals surface area contributed by atoms with Gasteiger partial charge < -0.3 is 10.1 Å². The Morgan fingerprint density at radius 2 is 2.00 bits per heavy atom. The van der Waals surface area contributed by atoms with Crippen molar-refractivity contribution in [2.24, 2.45) is 5.92 Å². The summed E-state index contributed by atoms with van der Waals surface area (Å²) in [5.41, 5.74) is 1.42. The first-order valence-electron chi connectivity index (χ1n) is 8.43. The number of hydrogen-bond acceptors (Lipinski definition) is 3. The zero-order chi connectivity index (χ0) is 14.7. The average Bonchev–Trinajstić information content (AvgIpc) is 3.26. The third-order valence-electron chi connectivity index (χ3n) is 5.05. The van der Waals surface area contributed by atoms with Crippen molar-refractivity contribution in [1.29, 1.82) is 0 Å². The molecular formula is C18H28N2O. The number of rotatable bonds is 7. The monoisotopic (exact) mass is 288 g/mol. The van der Waals surface area contributed by atoms with Crippen molar-refractivity contribution in [2.45, 2.75) is 44.7 Å². The summed E-state index contributed by atoms with van der Waals surface area (Å²) in [5, 5.41) is 3.86. The van der Waals surface area contributed by atoms with Gasteiger partial charge in [-0.1, -0.05) is 19.1 Å². The second-order valence-corrected chi connectivity index (χ2v) is 6.42. The average molecular weight is 288 g/mol. The fourth-order valence-electron chi connectivity index (χ4n) is 3.60. The number of hydrogen-bond donors (Lipinski definition) is 1. The largest absolute Gasteiger partial charge is 0.497 e. The summed E-state index contributed by atoms with van der Waals surface area (Å²) in [6.45, 7) is 5.86. The van der Waals surface area contributed by atoms with Gasteiger partial charge in [-0.3, -0.25) is 4.90 Å². The van der Waals surface area contributed by atoms with Crippen LogP contribution in [0.3, 0.4) is 0 Å². The number of benzene rings is 1. The van der Waals surface area contributed by atoms with Crippen LogP contribution in [-0.2, 0) is 0 Å². The molecule has 1 aromatic carbocycles. The number of likely N-dealkylation sites (tertiary alicyclic amines) is 1. The van der Waals surface area contributed by atoms with Crippen molar-refractivity contribution < 1.29 is 4.74 Å². The smallest absolute Gasteiger partial charge is 0.118 e. The van der Waals surface area contributed by atoms with Crippen LogP contribution < -0.4 is 10.1 Å². The molecule has 1 aliphatic carbocycles. The molecule has 3 nitrogen and oxygen atoms in total. The molecule has 1 N–H and O–H groups in total. The summed E-state index contributed by atoms with van der Waals surface area (Å²) in [5.74, 6) is 1.77. The lowest BCUT2D eigenvalue weighted by Crippen LogP contribution is -2.39. The Bertz CT molecular complexity index is 441. The lowest BCUT2D eigenvalue weighted by Gasteiger charge is -2.26. The van der Waals surface area contributed by atoms with Crippen LogP contribution in [0.15, 0.2) is 24.3 Å². The van der Waals surface area contributed by atoms with Gasteiger partial charge in [0, 0.05) is 18.6 Å². The van der Waals surface area contributed by atoms with Gasteiger partial charge in [0.05, 0.1) is 7.11 Å². The number of nitrogens with one attached hydrogen (secondary N) is 1. The van der Waals surface area contributed by atoms with Gasteiger partial charge in [-0.25, -0.2) is 0 Å². The lowest BCUT2D eigenvalue weighted by atomic mass is 10.0. The molecule has 0 spiro atoms. The summed E-state index contributed by atoms with van der Waals surface area (Å²) in [4.78, 5) is 2.62. The standard InChI is InChI=1S/C18H28N2O/c1-3-20-12-4-5-16(20)13-19-18(14-6-7-14)15-8-10-17(21-2)11-9-15/h8-11,14,16,18-19H,3-7,12-13H2,1-2H3. The third-order valence-corrected chi connectivity index (χ3v) is 5.05. The van der Waals surface area contributed by atoms with E-state index in [1.807, 2.05) is 0 Å². The van der Waals surface area contributed by atoms with Crippen LogP contribution in [-0.4, -0.2) is 37.7 Å². The van der Waals surface area contributed by atoms with Crippen LogP contribution >= 0.6 is 0 Å². The molecule has 3 heteroatoms. The second-order valence-electron chi connectivity index (χ2n) is 6.42. The zero-order valence-corrected chi connectivity index (χ0v) is 13.3. The van der Waals surface area contributed by atoms with Crippen LogP contribution in [0.2, 0.25) is 0 Å². The maximum atomic E-state index is 5.27. The first kappa shape index (κ1) is 14.9. The minimum absolute atomic E-state index is 0.523. The normalized spacial score (nSPS) is 24.2. The molecule has 1 aliphatic heterocycles. The maximum Gasteiger partial charge on any atom is 0.118 e. The van der Waals surface area contributed by atoms with E-state index in [4.69, 9.17) is 4.74 Å². The number of methoxy groups -OCH3 is 1. The number of likely N-dealkylation sites (N-methyl/N-ethyl adjacent to an activating group) is 1. The molecule has 116 valence electrons. The third kappa shape index (κ3) is 3.58. The number of ether oxygens (including phenoxy) is 1. The van der Waals surface area contributed by atoms with Crippen LogP contribution in [0.25, 0.3) is 0 Å². The van der Waals surface area contributed by atoms with Crippen LogP contribution in [0.5, 0.6) is 5.75 Å². The van der Waals surface area contributed by atoms with Gasteiger partial charge in [0.2, 0.25) is 0 Å². The Balaban J connectivity index is 1.61. The summed E-state index contributed by atoms with van der Waals surface area (Å²) in [6, 6.07) is 9.87. The molecule has 21 heavy (non-hydrogen) atoms. The van der Waals surface area contributed by atoms with E-state index in [0.717, 1.165) is 24.3 Å². The van der Waals surface area contributed by atoms with Crippen molar-refractivity contribution in [3.63, 3.8) is 0 Å². The molecule has 2 unspecified atom stereocenters. The van der Waals surface area contributed by atoms with E-state index in [1.54, 1.807) is 7.11 Å². The molecule has 1 heterocycles. The van der Waals surface area contributed by atoms with E-state index in [0.29, 0.717) is 6.04 Å². The summed E-state index contributed by atoms with van der Waals surface area (Å²) < 4.78 is 5.27. The van der Waals surface area contributed by atoms with E-state index in [2.05, 4.69) is 41.4 Å². The SMILES string of the molecule is CCN1CCCC1CNC(c1ccc(OC)cc1)C1CC1. The molecule has 1 aromatic rings. The minimum atomic E-state index is 0.523. The molecule has 1 saturated heterocycles. The van der Waals surface area contributed by atoms with E-state index in [1.165, 1.54) is 44.3 Å². The molecule has 2 atom stereocenters. The van der Waals surface area contributed by atoms with Crippen molar-refractivity contribution in [3.05, 3.63) is 29.8 Å². The van der Waals surface area contributed by atoms with Gasteiger partial charge in [-0.05, 0) is 62.4 Å². The van der Waals surface area contributed by atoms with Gasteiger partial charge >= 0.3 is 0 Å². The highest BCUT2D eigenvalue weighted by molar-refractivity contribution is 5.30. The van der Waals surface area contributed by atoms with E-state index in [9.17, 15) is 0 Å². The maximum absolute atomic E-state index is 5.27. The Hall–Kier alpha value is -1.06. The fourth-order valence-corrected chi connectivity index (χ4v) is 3.60. The quantitative estimate of drug-likeness (QED) is 0.834. The van der Waals surface area contributed by atoms with E-state index < -0.39 is 0 Å². The highest BCUT2D eigenvalue weighted by atomic mass is 16.5. The highest BCUT2D eigenvalue weighted by Crippen LogP contribution is 2.41. The van der Waals surface area contributed by atoms with E-state index >= 15 is 0 Å². The first-order valence-corrected chi connectivity index (χ1v) is 8.43. The molecule has 0 bridgehead atoms. The van der Waals surface area contributed by atoms with Crippen molar-refractivity contribution in [1.82, 2.24) is 10.2 Å². The number of nitrogens with zero attached hydrogens (tertiary/aromatic N) is 1. The molecule has 0 aromatic heterocycles. The molecule has 2 fully saturated rings. The van der Waals surface area contributed by atoms with Crippen LogP contribution in [0, 0.1) is 5.92 Å². The summed E-state index contributed by atoms with van der Waals surface area (Å²) in [7, 11) is 1.73. The summed E-state index contributed by atoms with van der Waals surface area (Å²) >= 11 is 0. The van der Waals surface area contributed by atoms with Crippen molar-refractivity contribution >= 4 is 0 Å². The van der Waals surface area contributed by atoms with Crippen LogP contribution in [0.4, 0.5) is 0 Å². The Labute approximate surface area is 128 Å². The molecule has 3 rings (SSSR count). The second kappa shape index (κ2) is 6.80. The van der Waals surface area contributed by atoms with Gasteiger partial charge in [0.15, 0.2) is 0 Å². The van der Waals surface area contributed by atoms with E-state index in [-0.39, 0.29) is 0 Å². The van der Waals surface area contributed by atoms with Gasteiger partial charge in [0.1, 0.15) is 5.75 Å². The highest BCUT2D eigenvalue weighted by Gasteiger charge is 2.33. The Kier molecular flexibility index (Phi) is 4.81. The predicted molar refractivity (Wildman–Crippen MR) is 86.7 cm³/mol. The molecule has 0 radical (unpaired) electrons. The van der Waals surface area contributed by atoms with Gasteiger partial charge in [-0.2, -0.15) is 0 Å². The lowest BCUT2D eigenvalue weighted by molar-refractivity contribution is 0.251. The molecule has 1 saturated carbocycles. The topological polar surface area (TPSA) is 24.5 Å². The fraction of sp³-hybridized carbons (Fsp3) is 0.667. The molecular weight excluding hydrogens is 260 g/mol. The minimum Gasteiger partial charge on any atom is -0.497 e. The Morgan fingerprint density at radius 3 is 2.62 bits per heavy atom. The summed E-state index contributed by atoms with van der Waals surface area (Å²) in [6.07, 6.45) is 5.44. The van der Waals surface area contributed by atoms with Crippen LogP contribution in [0.1, 0.15) is 44.2 Å². The van der Waals surface area contributed by atoms with Crippen molar-refractivity contribution in [2.75, 3.05) is 26.7 Å². The Morgan fingerprint density at radius 1 is 1.24 bits per heavy atom. The first-order chi connectivity index (χ1) is 10.3. The van der Waals surface area contributed by atoms with Crippen molar-refractivity contribution in [3.8, 4) is 5.75 Å². The van der Waals surface area contributed by atoms with Gasteiger partial charge in [0.25, 0.3) is 0 Å². The zero-order valence-electron chi connectivity index (χ0n) is 13.3.